The van der Waals surface area contributed by atoms with Crippen molar-refractivity contribution in [2.45, 2.75) is 69.1 Å². The van der Waals surface area contributed by atoms with Crippen molar-refractivity contribution in [2.24, 2.45) is 33.7 Å². The number of primary amides is 2. The van der Waals surface area contributed by atoms with E-state index in [0.717, 1.165) is 4.90 Å². The van der Waals surface area contributed by atoms with Crippen molar-refractivity contribution in [2.75, 3.05) is 13.1 Å². The molecule has 0 aromatic carbocycles. The van der Waals surface area contributed by atoms with Crippen molar-refractivity contribution >= 4 is 41.5 Å². The first kappa shape index (κ1) is 30.1. The lowest BCUT2D eigenvalue weighted by atomic mass is 10.1. The summed E-state index contributed by atoms with van der Waals surface area (Å²) in [5.74, 6) is -5.40. The molecule has 0 aromatic heterocycles. The quantitative estimate of drug-likeness (QED) is 0.0590. The minimum Gasteiger partial charge on any atom is -0.480 e. The van der Waals surface area contributed by atoms with Gasteiger partial charge in [0.2, 0.25) is 29.5 Å². The maximum absolute atomic E-state index is 13.0. The molecule has 0 aromatic rings. The third-order valence-corrected chi connectivity index (χ3v) is 5.46. The molecule has 13 N–H and O–H groups in total. The molecule has 1 rings (SSSR count). The van der Waals surface area contributed by atoms with E-state index in [0.29, 0.717) is 12.8 Å². The molecule has 4 unspecified atom stereocenters. The van der Waals surface area contributed by atoms with Crippen LogP contribution in [0.25, 0.3) is 0 Å². The van der Waals surface area contributed by atoms with Gasteiger partial charge in [-0.15, -0.1) is 0 Å². The highest BCUT2D eigenvalue weighted by atomic mass is 16.4. The van der Waals surface area contributed by atoms with Crippen molar-refractivity contribution < 1.29 is 33.9 Å². The molecule has 0 radical (unpaired) electrons. The molecule has 1 heterocycles. The van der Waals surface area contributed by atoms with E-state index in [9.17, 15) is 33.9 Å². The van der Waals surface area contributed by atoms with Gasteiger partial charge in [0.25, 0.3) is 0 Å². The van der Waals surface area contributed by atoms with Gasteiger partial charge in [-0.05, 0) is 32.1 Å². The highest BCUT2D eigenvalue weighted by molar-refractivity contribution is 5.96. The number of aliphatic imine (C=N–C) groups is 1. The zero-order valence-electron chi connectivity index (χ0n) is 19.9. The summed E-state index contributed by atoms with van der Waals surface area (Å²) in [5.41, 5.74) is 26.7. The first-order valence-electron chi connectivity index (χ1n) is 11.3. The van der Waals surface area contributed by atoms with Gasteiger partial charge in [-0.25, -0.2) is 4.79 Å². The summed E-state index contributed by atoms with van der Waals surface area (Å²) < 4.78 is 0. The number of aliphatic carboxylic acids is 1. The summed E-state index contributed by atoms with van der Waals surface area (Å²) in [6.45, 7) is 0.358. The molecule has 1 aliphatic rings. The number of hydrogen-bond donors (Lipinski definition) is 8. The Balaban J connectivity index is 2.95. The van der Waals surface area contributed by atoms with Crippen molar-refractivity contribution in [3.8, 4) is 0 Å². The van der Waals surface area contributed by atoms with E-state index in [1.54, 1.807) is 0 Å². The predicted octanol–water partition coefficient (Wildman–Crippen LogP) is -4.45. The summed E-state index contributed by atoms with van der Waals surface area (Å²) >= 11 is 0. The van der Waals surface area contributed by atoms with Crippen LogP contribution in [0.15, 0.2) is 4.99 Å². The van der Waals surface area contributed by atoms with Crippen LogP contribution in [0.2, 0.25) is 0 Å². The molecule has 16 heteroatoms. The van der Waals surface area contributed by atoms with Crippen molar-refractivity contribution in [3.63, 3.8) is 0 Å². The van der Waals surface area contributed by atoms with E-state index in [2.05, 4.69) is 15.6 Å². The molecule has 5 amide bonds. The first-order chi connectivity index (χ1) is 16.8. The molecule has 1 aliphatic heterocycles. The second-order valence-corrected chi connectivity index (χ2v) is 8.38. The van der Waals surface area contributed by atoms with E-state index in [4.69, 9.17) is 28.7 Å². The predicted molar refractivity (Wildman–Crippen MR) is 126 cm³/mol. The van der Waals surface area contributed by atoms with Gasteiger partial charge in [-0.3, -0.25) is 29.0 Å². The summed E-state index contributed by atoms with van der Waals surface area (Å²) in [7, 11) is 0. The fourth-order valence-electron chi connectivity index (χ4n) is 3.65. The number of nitrogens with two attached hydrogens (primary N) is 5. The molecule has 0 aliphatic carbocycles. The normalized spacial score (nSPS) is 17.4. The van der Waals surface area contributed by atoms with Crippen LogP contribution in [-0.4, -0.2) is 88.7 Å². The van der Waals surface area contributed by atoms with E-state index in [1.165, 1.54) is 0 Å². The summed E-state index contributed by atoms with van der Waals surface area (Å²) in [4.78, 5) is 77.6. The Morgan fingerprint density at radius 3 is 2.14 bits per heavy atom. The van der Waals surface area contributed by atoms with E-state index >= 15 is 0 Å². The Morgan fingerprint density at radius 1 is 0.944 bits per heavy atom. The molecule has 1 fully saturated rings. The number of likely N-dealkylation sites (tertiary alicyclic amines) is 1. The number of carboxylic acid groups (broad SMARTS) is 1. The molecule has 4 atom stereocenters. The highest BCUT2D eigenvalue weighted by Gasteiger charge is 2.39. The smallest absolute Gasteiger partial charge is 0.326 e. The number of guanidine groups is 1. The van der Waals surface area contributed by atoms with E-state index in [1.807, 2.05) is 0 Å². The van der Waals surface area contributed by atoms with Crippen LogP contribution in [0.1, 0.15) is 44.9 Å². The van der Waals surface area contributed by atoms with Gasteiger partial charge in [-0.1, -0.05) is 0 Å². The zero-order chi connectivity index (χ0) is 27.4. The van der Waals surface area contributed by atoms with Gasteiger partial charge in [0.15, 0.2) is 5.96 Å². The molecule has 0 spiro atoms. The highest BCUT2D eigenvalue weighted by Crippen LogP contribution is 2.19. The lowest BCUT2D eigenvalue weighted by Gasteiger charge is -2.28. The third-order valence-electron chi connectivity index (χ3n) is 5.46. The number of carboxylic acids is 1. The van der Waals surface area contributed by atoms with Crippen LogP contribution in [0.5, 0.6) is 0 Å². The molecule has 202 valence electrons. The lowest BCUT2D eigenvalue weighted by Crippen LogP contribution is -2.57. The molecular weight excluding hydrogens is 478 g/mol. The third kappa shape index (κ3) is 10.1. The van der Waals surface area contributed by atoms with Crippen LogP contribution in [0.3, 0.4) is 0 Å². The average Bonchev–Trinajstić information content (AvgIpc) is 3.27. The molecular formula is C20H35N9O7. The van der Waals surface area contributed by atoms with Crippen molar-refractivity contribution in [3.05, 3.63) is 0 Å². The maximum Gasteiger partial charge on any atom is 0.326 e. The fourth-order valence-corrected chi connectivity index (χ4v) is 3.65. The fraction of sp³-hybridized carbons (Fsp3) is 0.650. The van der Waals surface area contributed by atoms with E-state index < -0.39 is 66.1 Å². The second kappa shape index (κ2) is 14.4. The molecule has 16 nitrogen and oxygen atoms in total. The van der Waals surface area contributed by atoms with Crippen LogP contribution in [0.4, 0.5) is 0 Å². The van der Waals surface area contributed by atoms with E-state index in [-0.39, 0.29) is 44.7 Å². The zero-order valence-corrected chi connectivity index (χ0v) is 19.9. The number of carbonyl (C=O) groups is 6. The summed E-state index contributed by atoms with van der Waals surface area (Å²) in [6.07, 6.45) is 0.108. The van der Waals surface area contributed by atoms with Crippen LogP contribution in [-0.2, 0) is 28.8 Å². The number of carbonyl (C=O) groups excluding carboxylic acids is 5. The number of hydrogen-bond acceptors (Lipinski definition) is 8. The van der Waals surface area contributed by atoms with Crippen molar-refractivity contribution in [1.82, 2.24) is 15.5 Å². The Morgan fingerprint density at radius 2 is 1.58 bits per heavy atom. The van der Waals surface area contributed by atoms with Crippen molar-refractivity contribution in [1.29, 1.82) is 0 Å². The Hall–Kier alpha value is -3.95. The minimum atomic E-state index is -1.48. The Kier molecular flexibility index (Phi) is 12.1. The standard InChI is InChI=1S/C20H35N9O7/c21-10(3-1-7-26-20(24)25)16(32)27-11(5-6-14(22)30)17(33)28-12(9-15(23)31)18(34)29-8-2-4-13(29)19(35)36/h10-13H,1-9,21H2,(H2,22,30)(H2,23,31)(H,27,32)(H,28,33)(H,35,36)(H4,24,25,26). The first-order valence-corrected chi connectivity index (χ1v) is 11.3. The molecule has 1 saturated heterocycles. The lowest BCUT2D eigenvalue weighted by molar-refractivity contribution is -0.149. The summed E-state index contributed by atoms with van der Waals surface area (Å²) in [5, 5.41) is 14.1. The Bertz CT molecular complexity index is 876. The average molecular weight is 514 g/mol. The number of nitrogens with one attached hydrogen (secondary N) is 2. The van der Waals surface area contributed by atoms with Gasteiger partial charge < -0.3 is 49.3 Å². The van der Waals surface area contributed by atoms with Crippen LogP contribution < -0.4 is 39.3 Å². The largest absolute Gasteiger partial charge is 0.480 e. The Labute approximate surface area is 207 Å². The second-order valence-electron chi connectivity index (χ2n) is 8.38. The number of nitrogens with zero attached hydrogens (tertiary/aromatic N) is 2. The topological polar surface area (TPSA) is 292 Å². The van der Waals surface area contributed by atoms with Gasteiger partial charge in [0, 0.05) is 19.5 Å². The van der Waals surface area contributed by atoms with Gasteiger partial charge in [0.1, 0.15) is 18.1 Å². The number of amides is 5. The summed E-state index contributed by atoms with van der Waals surface area (Å²) in [6, 6.07) is -4.94. The van der Waals surface area contributed by atoms with Gasteiger partial charge in [0.05, 0.1) is 12.5 Å². The maximum atomic E-state index is 13.0. The minimum absolute atomic E-state index is 0.111. The molecule has 36 heavy (non-hydrogen) atoms. The SMILES string of the molecule is NC(=O)CCC(NC(=O)C(N)CCCN=C(N)N)C(=O)NC(CC(N)=O)C(=O)N1CCCC1C(=O)O. The van der Waals surface area contributed by atoms with Crippen LogP contribution in [0, 0.1) is 0 Å². The van der Waals surface area contributed by atoms with Gasteiger partial charge >= 0.3 is 5.97 Å². The monoisotopic (exact) mass is 513 g/mol. The molecule has 0 bridgehead atoms. The molecule has 0 saturated carbocycles. The number of rotatable bonds is 15. The van der Waals surface area contributed by atoms with Crippen LogP contribution >= 0.6 is 0 Å². The van der Waals surface area contributed by atoms with Gasteiger partial charge in [-0.2, -0.15) is 0 Å².